The van der Waals surface area contributed by atoms with Gasteiger partial charge in [-0.25, -0.2) is 14.3 Å². The van der Waals surface area contributed by atoms with Gasteiger partial charge in [-0.05, 0) is 30.1 Å². The van der Waals surface area contributed by atoms with Crippen LogP contribution >= 0.6 is 0 Å². The number of nitrogens with zero attached hydrogens (tertiary/aromatic N) is 3. The SMILES string of the molecule is CC(C)(C)[Si](C)(C)OCCc1cnc2c(C(=O)O)cnn2c1. The largest absolute Gasteiger partial charge is 0.477 e. The zero-order chi connectivity index (χ0) is 16.5. The molecular weight excluding hydrogens is 298 g/mol. The zero-order valence-corrected chi connectivity index (χ0v) is 14.8. The molecule has 1 N–H and O–H groups in total. The smallest absolute Gasteiger partial charge is 0.341 e. The number of aromatic nitrogens is 3. The zero-order valence-electron chi connectivity index (χ0n) is 13.8. The number of carbonyl (C=O) groups is 1. The molecule has 0 unspecified atom stereocenters. The fraction of sp³-hybridized carbons (Fsp3) is 0.533. The van der Waals surface area contributed by atoms with Gasteiger partial charge >= 0.3 is 5.97 Å². The minimum absolute atomic E-state index is 0.115. The van der Waals surface area contributed by atoms with Crippen molar-refractivity contribution in [1.29, 1.82) is 0 Å². The molecule has 0 spiro atoms. The van der Waals surface area contributed by atoms with E-state index in [1.165, 1.54) is 10.7 Å². The summed E-state index contributed by atoms with van der Waals surface area (Å²) in [5, 5.41) is 13.3. The van der Waals surface area contributed by atoms with E-state index in [9.17, 15) is 4.79 Å². The molecule has 0 aromatic carbocycles. The molecule has 0 bridgehead atoms. The van der Waals surface area contributed by atoms with Crippen molar-refractivity contribution >= 4 is 19.9 Å². The standard InChI is InChI=1S/C15H23N3O3Si/c1-15(2,3)22(4,5)21-7-6-11-8-16-13-12(14(19)20)9-17-18(13)10-11/h8-10H,6-7H2,1-5H3,(H,19,20). The summed E-state index contributed by atoms with van der Waals surface area (Å²) in [6, 6.07) is 0. The fourth-order valence-corrected chi connectivity index (χ4v) is 2.88. The Morgan fingerprint density at radius 1 is 1.36 bits per heavy atom. The first-order valence-electron chi connectivity index (χ1n) is 7.31. The molecule has 7 heteroatoms. The van der Waals surface area contributed by atoms with Gasteiger partial charge < -0.3 is 9.53 Å². The van der Waals surface area contributed by atoms with E-state index in [0.29, 0.717) is 12.3 Å². The average molecular weight is 321 g/mol. The predicted molar refractivity (Wildman–Crippen MR) is 86.8 cm³/mol. The van der Waals surface area contributed by atoms with Crippen molar-refractivity contribution in [2.75, 3.05) is 6.61 Å². The maximum absolute atomic E-state index is 11.0. The molecule has 0 aliphatic rings. The topological polar surface area (TPSA) is 76.7 Å². The molecule has 6 nitrogen and oxygen atoms in total. The Morgan fingerprint density at radius 3 is 2.64 bits per heavy atom. The van der Waals surface area contributed by atoms with Gasteiger partial charge in [-0.15, -0.1) is 0 Å². The second-order valence-corrected chi connectivity index (χ2v) is 11.8. The summed E-state index contributed by atoms with van der Waals surface area (Å²) >= 11 is 0. The number of rotatable bonds is 5. The number of carboxylic acids is 1. The van der Waals surface area contributed by atoms with Crippen LogP contribution in [-0.2, 0) is 10.8 Å². The van der Waals surface area contributed by atoms with Gasteiger partial charge in [0.2, 0.25) is 0 Å². The molecule has 0 fully saturated rings. The predicted octanol–water partition coefficient (Wildman–Crippen LogP) is 2.99. The van der Waals surface area contributed by atoms with Crippen LogP contribution < -0.4 is 0 Å². The van der Waals surface area contributed by atoms with Crippen LogP contribution in [0.1, 0.15) is 36.7 Å². The number of aromatic carboxylic acids is 1. The maximum Gasteiger partial charge on any atom is 0.341 e. The molecule has 0 saturated carbocycles. The van der Waals surface area contributed by atoms with Gasteiger partial charge in [0.15, 0.2) is 14.0 Å². The molecule has 2 aromatic rings. The van der Waals surface area contributed by atoms with Gasteiger partial charge in [-0.3, -0.25) is 0 Å². The lowest BCUT2D eigenvalue weighted by atomic mass is 10.2. The second kappa shape index (κ2) is 5.81. The van der Waals surface area contributed by atoms with Crippen molar-refractivity contribution in [2.45, 2.75) is 45.3 Å². The van der Waals surface area contributed by atoms with E-state index in [0.717, 1.165) is 12.0 Å². The summed E-state index contributed by atoms with van der Waals surface area (Å²) in [6.45, 7) is 11.7. The van der Waals surface area contributed by atoms with Crippen LogP contribution in [0.5, 0.6) is 0 Å². The minimum Gasteiger partial charge on any atom is -0.477 e. The first-order valence-corrected chi connectivity index (χ1v) is 10.2. The summed E-state index contributed by atoms with van der Waals surface area (Å²) in [6.07, 6.45) is 5.56. The van der Waals surface area contributed by atoms with Crippen LogP contribution in [0.25, 0.3) is 5.65 Å². The Balaban J connectivity index is 2.06. The van der Waals surface area contributed by atoms with Crippen molar-refractivity contribution < 1.29 is 14.3 Å². The summed E-state index contributed by atoms with van der Waals surface area (Å²) < 4.78 is 7.65. The van der Waals surface area contributed by atoms with E-state index in [-0.39, 0.29) is 10.6 Å². The number of carboxylic acid groups (broad SMARTS) is 1. The van der Waals surface area contributed by atoms with Crippen LogP contribution in [0.3, 0.4) is 0 Å². The van der Waals surface area contributed by atoms with Crippen LogP contribution in [-0.4, -0.2) is 40.6 Å². The lowest BCUT2D eigenvalue weighted by molar-refractivity contribution is 0.0698. The maximum atomic E-state index is 11.0. The molecule has 2 aromatic heterocycles. The first-order chi connectivity index (χ1) is 10.1. The Hall–Kier alpha value is -1.73. The third kappa shape index (κ3) is 3.36. The lowest BCUT2D eigenvalue weighted by Crippen LogP contribution is -2.41. The Labute approximate surface area is 131 Å². The first kappa shape index (κ1) is 16.6. The van der Waals surface area contributed by atoms with Gasteiger partial charge in [-0.1, -0.05) is 20.8 Å². The van der Waals surface area contributed by atoms with E-state index >= 15 is 0 Å². The van der Waals surface area contributed by atoms with E-state index in [1.54, 1.807) is 6.20 Å². The molecular formula is C15H23N3O3Si. The van der Waals surface area contributed by atoms with Gasteiger partial charge in [-0.2, -0.15) is 5.10 Å². The van der Waals surface area contributed by atoms with Crippen LogP contribution in [0.2, 0.25) is 18.1 Å². The summed E-state index contributed by atoms with van der Waals surface area (Å²) in [4.78, 5) is 15.2. The average Bonchev–Trinajstić information content (AvgIpc) is 2.80. The normalized spacial score (nSPS) is 12.8. The molecule has 2 heterocycles. The van der Waals surface area contributed by atoms with E-state index in [4.69, 9.17) is 9.53 Å². The molecule has 0 aliphatic heterocycles. The van der Waals surface area contributed by atoms with Gasteiger partial charge in [0.25, 0.3) is 0 Å². The molecule has 2 rings (SSSR count). The summed E-state index contributed by atoms with van der Waals surface area (Å²) in [5.74, 6) is -1.02. The minimum atomic E-state index is -1.74. The highest BCUT2D eigenvalue weighted by Crippen LogP contribution is 2.36. The molecule has 0 atom stereocenters. The quantitative estimate of drug-likeness (QED) is 0.857. The molecule has 22 heavy (non-hydrogen) atoms. The lowest BCUT2D eigenvalue weighted by Gasteiger charge is -2.36. The third-order valence-electron chi connectivity index (χ3n) is 4.30. The number of hydrogen-bond donors (Lipinski definition) is 1. The van der Waals surface area contributed by atoms with E-state index in [2.05, 4.69) is 43.9 Å². The van der Waals surface area contributed by atoms with Crippen LogP contribution in [0, 0.1) is 0 Å². The monoisotopic (exact) mass is 321 g/mol. The number of fused-ring (bicyclic) bond motifs is 1. The van der Waals surface area contributed by atoms with E-state index < -0.39 is 14.3 Å². The van der Waals surface area contributed by atoms with Crippen molar-refractivity contribution in [1.82, 2.24) is 14.6 Å². The van der Waals surface area contributed by atoms with Crippen molar-refractivity contribution in [3.8, 4) is 0 Å². The van der Waals surface area contributed by atoms with Gasteiger partial charge in [0.05, 0.1) is 6.20 Å². The summed E-state index contributed by atoms with van der Waals surface area (Å²) in [5.41, 5.74) is 1.46. The van der Waals surface area contributed by atoms with Crippen molar-refractivity contribution in [2.24, 2.45) is 0 Å². The van der Waals surface area contributed by atoms with Crippen LogP contribution in [0.15, 0.2) is 18.6 Å². The molecule has 0 radical (unpaired) electrons. The molecule has 0 saturated heterocycles. The second-order valence-electron chi connectivity index (χ2n) is 6.95. The highest BCUT2D eigenvalue weighted by Gasteiger charge is 2.36. The fourth-order valence-electron chi connectivity index (χ4n) is 1.83. The van der Waals surface area contributed by atoms with Crippen molar-refractivity contribution in [3.63, 3.8) is 0 Å². The highest BCUT2D eigenvalue weighted by molar-refractivity contribution is 6.74. The van der Waals surface area contributed by atoms with Gasteiger partial charge in [0, 0.05) is 19.0 Å². The van der Waals surface area contributed by atoms with Gasteiger partial charge in [0.1, 0.15) is 5.56 Å². The molecule has 0 amide bonds. The van der Waals surface area contributed by atoms with Crippen molar-refractivity contribution in [3.05, 3.63) is 29.7 Å². The number of hydrogen-bond acceptors (Lipinski definition) is 4. The Kier molecular flexibility index (Phi) is 4.39. The Morgan fingerprint density at radius 2 is 2.05 bits per heavy atom. The summed E-state index contributed by atoms with van der Waals surface area (Å²) in [7, 11) is -1.74. The highest BCUT2D eigenvalue weighted by atomic mass is 28.4. The van der Waals surface area contributed by atoms with Crippen LogP contribution in [0.4, 0.5) is 0 Å². The Bertz CT molecular complexity index is 689. The third-order valence-corrected chi connectivity index (χ3v) is 8.84. The molecule has 120 valence electrons. The molecule has 0 aliphatic carbocycles. The van der Waals surface area contributed by atoms with E-state index in [1.807, 2.05) is 6.20 Å².